The lowest BCUT2D eigenvalue weighted by atomic mass is 10.3. The Hall–Kier alpha value is -1.24. The number of nitrogens with zero attached hydrogens (tertiary/aromatic N) is 3. The van der Waals surface area contributed by atoms with Crippen LogP contribution in [0.1, 0.15) is 12.5 Å². The first-order chi connectivity index (χ1) is 9.08. The van der Waals surface area contributed by atoms with E-state index in [1.807, 2.05) is 31.2 Å². The fourth-order valence-electron chi connectivity index (χ4n) is 1.57. The summed E-state index contributed by atoms with van der Waals surface area (Å²) in [5.41, 5.74) is 1.19. The van der Waals surface area contributed by atoms with Gasteiger partial charge in [-0.15, -0.1) is 0 Å². The van der Waals surface area contributed by atoms with Crippen LogP contribution in [-0.2, 0) is 27.4 Å². The summed E-state index contributed by atoms with van der Waals surface area (Å²) in [7, 11) is 4.06. The molecule has 1 heterocycles. The molecular formula is C13H23N3O3. The first-order valence-electron chi connectivity index (χ1n) is 6.39. The molecule has 0 bridgehead atoms. The maximum atomic E-state index is 10.6. The van der Waals surface area contributed by atoms with Gasteiger partial charge in [0.25, 0.3) is 0 Å². The van der Waals surface area contributed by atoms with Gasteiger partial charge in [0, 0.05) is 18.3 Å². The lowest BCUT2D eigenvalue weighted by Gasteiger charge is -2.06. The van der Waals surface area contributed by atoms with Gasteiger partial charge in [0.15, 0.2) is 5.78 Å². The van der Waals surface area contributed by atoms with Gasteiger partial charge in [-0.25, -0.2) is 0 Å². The van der Waals surface area contributed by atoms with Crippen molar-refractivity contribution in [3.05, 3.63) is 18.0 Å². The van der Waals surface area contributed by atoms with Crippen LogP contribution in [0.15, 0.2) is 12.4 Å². The molecule has 0 aromatic carbocycles. The second-order valence-electron chi connectivity index (χ2n) is 4.72. The predicted molar refractivity (Wildman–Crippen MR) is 71.9 cm³/mol. The minimum absolute atomic E-state index is 0.0324. The van der Waals surface area contributed by atoms with Crippen LogP contribution in [0.2, 0.25) is 0 Å². The van der Waals surface area contributed by atoms with Crippen molar-refractivity contribution in [3.8, 4) is 0 Å². The van der Waals surface area contributed by atoms with Gasteiger partial charge in [-0.1, -0.05) is 0 Å². The molecule has 1 aromatic heterocycles. The molecule has 1 rings (SSSR count). The Balaban J connectivity index is 2.06. The summed E-state index contributed by atoms with van der Waals surface area (Å²) in [6.07, 6.45) is 3.89. The summed E-state index contributed by atoms with van der Waals surface area (Å²) < 4.78 is 12.4. The average molecular weight is 269 g/mol. The molecule has 0 saturated carbocycles. The molecule has 0 aliphatic rings. The third kappa shape index (κ3) is 7.71. The minimum atomic E-state index is 0.0324. The van der Waals surface area contributed by atoms with Crippen LogP contribution in [0.5, 0.6) is 0 Å². The zero-order chi connectivity index (χ0) is 14.1. The van der Waals surface area contributed by atoms with Crippen LogP contribution in [0.4, 0.5) is 0 Å². The summed E-state index contributed by atoms with van der Waals surface area (Å²) in [5, 5.41) is 4.26. The van der Waals surface area contributed by atoms with E-state index in [0.29, 0.717) is 19.8 Å². The zero-order valence-electron chi connectivity index (χ0n) is 12.0. The number of hydrogen-bond donors (Lipinski definition) is 0. The lowest BCUT2D eigenvalue weighted by molar-refractivity contribution is -0.121. The molecular weight excluding hydrogens is 246 g/mol. The Bertz CT molecular complexity index is 377. The summed E-state index contributed by atoms with van der Waals surface area (Å²) in [4.78, 5) is 12.7. The van der Waals surface area contributed by atoms with Crippen molar-refractivity contribution in [1.29, 1.82) is 0 Å². The Morgan fingerprint density at radius 2 is 2.05 bits per heavy atom. The molecule has 6 nitrogen and oxygen atoms in total. The fourth-order valence-corrected chi connectivity index (χ4v) is 1.57. The van der Waals surface area contributed by atoms with Crippen LogP contribution in [-0.4, -0.2) is 61.0 Å². The second kappa shape index (κ2) is 8.79. The standard InChI is InChI=1S/C13H23N3O3/c1-12(17)11-19-7-6-18-5-4-16-10-13(8-14-16)9-15(2)3/h8,10H,4-7,9,11H2,1-3H3. The number of hydrogen-bond acceptors (Lipinski definition) is 5. The van der Waals surface area contributed by atoms with E-state index in [9.17, 15) is 4.79 Å². The molecule has 19 heavy (non-hydrogen) atoms. The topological polar surface area (TPSA) is 56.6 Å². The van der Waals surface area contributed by atoms with Crippen molar-refractivity contribution in [3.63, 3.8) is 0 Å². The highest BCUT2D eigenvalue weighted by Crippen LogP contribution is 2.00. The van der Waals surface area contributed by atoms with Crippen LogP contribution < -0.4 is 0 Å². The number of rotatable bonds is 10. The Kier molecular flexibility index (Phi) is 7.32. The molecule has 0 atom stereocenters. The second-order valence-corrected chi connectivity index (χ2v) is 4.72. The van der Waals surface area contributed by atoms with Gasteiger partial charge in [-0.3, -0.25) is 9.48 Å². The highest BCUT2D eigenvalue weighted by atomic mass is 16.5. The summed E-state index contributed by atoms with van der Waals surface area (Å²) >= 11 is 0. The number of ketones is 1. The van der Waals surface area contributed by atoms with E-state index in [1.54, 1.807) is 0 Å². The smallest absolute Gasteiger partial charge is 0.155 e. The van der Waals surface area contributed by atoms with Crippen LogP contribution >= 0.6 is 0 Å². The Morgan fingerprint density at radius 1 is 1.32 bits per heavy atom. The molecule has 0 aliphatic carbocycles. The highest BCUT2D eigenvalue weighted by Gasteiger charge is 2.00. The van der Waals surface area contributed by atoms with Crippen molar-refractivity contribution in [1.82, 2.24) is 14.7 Å². The van der Waals surface area contributed by atoms with Gasteiger partial charge >= 0.3 is 0 Å². The van der Waals surface area contributed by atoms with Gasteiger partial charge in [-0.2, -0.15) is 5.10 Å². The van der Waals surface area contributed by atoms with Crippen molar-refractivity contribution >= 4 is 5.78 Å². The molecule has 0 radical (unpaired) electrons. The molecule has 1 aromatic rings. The number of aromatic nitrogens is 2. The molecule has 0 aliphatic heterocycles. The largest absolute Gasteiger partial charge is 0.377 e. The normalized spacial score (nSPS) is 11.2. The van der Waals surface area contributed by atoms with E-state index < -0.39 is 0 Å². The van der Waals surface area contributed by atoms with Crippen molar-refractivity contribution in [2.75, 3.05) is 40.5 Å². The Morgan fingerprint density at radius 3 is 2.74 bits per heavy atom. The van der Waals surface area contributed by atoms with Crippen molar-refractivity contribution in [2.24, 2.45) is 0 Å². The zero-order valence-corrected chi connectivity index (χ0v) is 12.0. The van der Waals surface area contributed by atoms with Gasteiger partial charge in [0.2, 0.25) is 0 Å². The maximum absolute atomic E-state index is 10.6. The van der Waals surface area contributed by atoms with E-state index in [1.165, 1.54) is 12.5 Å². The van der Waals surface area contributed by atoms with Gasteiger partial charge in [-0.05, 0) is 21.0 Å². The van der Waals surface area contributed by atoms with Crippen molar-refractivity contribution < 1.29 is 14.3 Å². The molecule has 0 saturated heterocycles. The third-order valence-corrected chi connectivity index (χ3v) is 2.33. The van der Waals surface area contributed by atoms with E-state index in [2.05, 4.69) is 10.00 Å². The summed E-state index contributed by atoms with van der Waals surface area (Å²) in [6.45, 7) is 4.82. The van der Waals surface area contributed by atoms with Gasteiger partial charge in [0.05, 0.1) is 32.6 Å². The van der Waals surface area contributed by atoms with Crippen LogP contribution in [0.25, 0.3) is 0 Å². The average Bonchev–Trinajstić information content (AvgIpc) is 2.74. The summed E-state index contributed by atoms with van der Waals surface area (Å²) in [6, 6.07) is 0. The molecule has 0 fully saturated rings. The van der Waals surface area contributed by atoms with E-state index >= 15 is 0 Å². The molecule has 0 spiro atoms. The number of ether oxygens (including phenoxy) is 2. The number of Topliss-reactive ketones (excluding diaryl/α,β-unsaturated/α-hetero) is 1. The SMILES string of the molecule is CC(=O)COCCOCCn1cc(CN(C)C)cn1. The third-order valence-electron chi connectivity index (χ3n) is 2.33. The van der Waals surface area contributed by atoms with Crippen molar-refractivity contribution in [2.45, 2.75) is 20.0 Å². The number of carbonyl (C=O) groups excluding carboxylic acids is 1. The fraction of sp³-hybridized carbons (Fsp3) is 0.692. The first kappa shape index (κ1) is 15.8. The molecule has 0 N–H and O–H groups in total. The lowest BCUT2D eigenvalue weighted by Crippen LogP contribution is -2.12. The van der Waals surface area contributed by atoms with Gasteiger partial charge in [0.1, 0.15) is 6.61 Å². The quantitative estimate of drug-likeness (QED) is 0.581. The Labute approximate surface area is 114 Å². The predicted octanol–water partition coefficient (Wildman–Crippen LogP) is 0.567. The minimum Gasteiger partial charge on any atom is -0.377 e. The first-order valence-corrected chi connectivity index (χ1v) is 6.39. The molecule has 108 valence electrons. The molecule has 0 amide bonds. The maximum Gasteiger partial charge on any atom is 0.155 e. The van der Waals surface area contributed by atoms with E-state index in [0.717, 1.165) is 13.1 Å². The monoisotopic (exact) mass is 269 g/mol. The van der Waals surface area contributed by atoms with E-state index in [-0.39, 0.29) is 12.4 Å². The highest BCUT2D eigenvalue weighted by molar-refractivity contribution is 5.76. The molecule has 6 heteroatoms. The van der Waals surface area contributed by atoms with Gasteiger partial charge < -0.3 is 14.4 Å². The molecule has 0 unspecified atom stereocenters. The van der Waals surface area contributed by atoms with E-state index in [4.69, 9.17) is 9.47 Å². The van der Waals surface area contributed by atoms with Crippen LogP contribution in [0, 0.1) is 0 Å². The summed E-state index contributed by atoms with van der Waals surface area (Å²) in [5.74, 6) is 0.0324. The van der Waals surface area contributed by atoms with Crippen LogP contribution in [0.3, 0.4) is 0 Å². The number of carbonyl (C=O) groups is 1.